The number of aromatic nitrogens is 1. The van der Waals surface area contributed by atoms with Gasteiger partial charge in [0.05, 0.1) is 21.9 Å². The van der Waals surface area contributed by atoms with Gasteiger partial charge in [0.15, 0.2) is 0 Å². The number of hydrogen-bond donors (Lipinski definition) is 3. The molecule has 1 atom stereocenters. The molecule has 0 fully saturated rings. The van der Waals surface area contributed by atoms with Crippen LogP contribution in [0.15, 0.2) is 47.1 Å². The molecule has 0 spiro atoms. The highest BCUT2D eigenvalue weighted by molar-refractivity contribution is 7.93. The Kier molecular flexibility index (Phi) is 7.26. The van der Waals surface area contributed by atoms with Crippen LogP contribution in [0.2, 0.25) is 0 Å². The Bertz CT molecular complexity index is 1060. The van der Waals surface area contributed by atoms with E-state index in [1.54, 1.807) is 12.1 Å². The highest BCUT2D eigenvalue weighted by Gasteiger charge is 2.13. The lowest BCUT2D eigenvalue weighted by Crippen LogP contribution is -2.32. The van der Waals surface area contributed by atoms with Crippen molar-refractivity contribution in [2.45, 2.75) is 0 Å². The van der Waals surface area contributed by atoms with Gasteiger partial charge in [-0.1, -0.05) is 17.9 Å². The van der Waals surface area contributed by atoms with Crippen molar-refractivity contribution < 1.29 is 24.0 Å². The largest absolute Gasteiger partial charge is 0.508 e. The van der Waals surface area contributed by atoms with Gasteiger partial charge < -0.3 is 15.5 Å². The molecule has 0 radical (unpaired) electrons. The summed E-state index contributed by atoms with van der Waals surface area (Å²) < 4.78 is 16.0. The van der Waals surface area contributed by atoms with Crippen molar-refractivity contribution in [1.82, 2.24) is 10.3 Å². The first-order chi connectivity index (χ1) is 13.3. The molecule has 1 aromatic carbocycles. The third-order valence-corrected chi connectivity index (χ3v) is 4.64. The maximum absolute atomic E-state index is 12.4. The molecule has 146 valence electrons. The zero-order valence-electron chi connectivity index (χ0n) is 15.1. The number of hydrogen-bond acceptors (Lipinski definition) is 6. The Labute approximate surface area is 162 Å². The number of phenols is 1. The van der Waals surface area contributed by atoms with E-state index in [0.29, 0.717) is 11.1 Å². The molecule has 0 bridgehead atoms. The molecule has 0 unspecified atom stereocenters. The minimum absolute atomic E-state index is 0.0339. The van der Waals surface area contributed by atoms with E-state index in [-0.39, 0.29) is 24.5 Å². The molecule has 2 amide bonds. The van der Waals surface area contributed by atoms with E-state index in [0.717, 1.165) is 0 Å². The summed E-state index contributed by atoms with van der Waals surface area (Å²) in [6.07, 6.45) is 3.94. The molecular formula is C19H19N3O5S. The van der Waals surface area contributed by atoms with Crippen molar-refractivity contribution >= 4 is 21.5 Å². The molecular weight excluding hydrogens is 382 g/mol. The first-order valence-corrected chi connectivity index (χ1v) is 10.3. The molecule has 0 aliphatic heterocycles. The minimum atomic E-state index is -3.09. The highest BCUT2D eigenvalue weighted by atomic mass is 32.2. The Hall–Kier alpha value is -3.22. The lowest BCUT2D eigenvalue weighted by atomic mass is 10.1. The molecule has 0 aliphatic carbocycles. The Morgan fingerprint density at radius 3 is 2.68 bits per heavy atom. The van der Waals surface area contributed by atoms with E-state index < -0.39 is 27.3 Å². The molecule has 3 N–H and O–H groups in total. The van der Waals surface area contributed by atoms with Crippen LogP contribution in [0.5, 0.6) is 5.75 Å². The summed E-state index contributed by atoms with van der Waals surface area (Å²) in [6, 6.07) is 7.86. The smallest absolute Gasteiger partial charge is 0.286 e. The minimum Gasteiger partial charge on any atom is -0.508 e. The van der Waals surface area contributed by atoms with Gasteiger partial charge in [0, 0.05) is 36.3 Å². The third kappa shape index (κ3) is 6.83. The van der Waals surface area contributed by atoms with Crippen LogP contribution in [0.4, 0.5) is 0 Å². The zero-order chi connectivity index (χ0) is 20.6. The van der Waals surface area contributed by atoms with Gasteiger partial charge in [-0.3, -0.25) is 14.6 Å². The average Bonchev–Trinajstić information content (AvgIpc) is 2.64. The number of carbonyl (C=O) groups is 2. The molecule has 9 heteroatoms. The van der Waals surface area contributed by atoms with E-state index in [9.17, 15) is 18.9 Å². The number of aromatic hydroxyl groups is 1. The van der Waals surface area contributed by atoms with Crippen molar-refractivity contribution in [2.75, 3.05) is 25.2 Å². The average molecular weight is 401 g/mol. The van der Waals surface area contributed by atoms with Crippen LogP contribution >= 0.6 is 0 Å². The van der Waals surface area contributed by atoms with Crippen LogP contribution < -0.4 is 5.32 Å². The summed E-state index contributed by atoms with van der Waals surface area (Å²) in [7, 11) is -3.09. The van der Waals surface area contributed by atoms with Crippen LogP contribution in [-0.4, -0.2) is 56.4 Å². The maximum atomic E-state index is 12.4. The van der Waals surface area contributed by atoms with E-state index in [4.69, 9.17) is 5.11 Å². The van der Waals surface area contributed by atoms with Gasteiger partial charge in [-0.2, -0.15) is 4.36 Å². The molecule has 2 rings (SSSR count). The van der Waals surface area contributed by atoms with Gasteiger partial charge in [-0.15, -0.1) is 0 Å². The van der Waals surface area contributed by atoms with E-state index in [1.165, 1.54) is 36.8 Å². The van der Waals surface area contributed by atoms with Crippen LogP contribution in [-0.2, 0) is 14.5 Å². The molecule has 0 saturated heterocycles. The van der Waals surface area contributed by atoms with Gasteiger partial charge in [-0.25, -0.2) is 4.21 Å². The Morgan fingerprint density at radius 1 is 1.21 bits per heavy atom. The van der Waals surface area contributed by atoms with Crippen molar-refractivity contribution in [1.29, 1.82) is 0 Å². The Balaban J connectivity index is 2.18. The topological polar surface area (TPSA) is 129 Å². The fourth-order valence-corrected chi connectivity index (χ4v) is 3.21. The summed E-state index contributed by atoms with van der Waals surface area (Å²) in [4.78, 5) is 27.8. The van der Waals surface area contributed by atoms with Gasteiger partial charge >= 0.3 is 0 Å². The first-order valence-electron chi connectivity index (χ1n) is 8.17. The zero-order valence-corrected chi connectivity index (χ0v) is 15.9. The number of aliphatic hydroxyl groups excluding tert-OH is 1. The van der Waals surface area contributed by atoms with Crippen molar-refractivity contribution in [3.05, 3.63) is 59.4 Å². The van der Waals surface area contributed by atoms with Crippen LogP contribution in [0.3, 0.4) is 0 Å². The number of rotatable bonds is 5. The van der Waals surface area contributed by atoms with E-state index in [1.807, 2.05) is 0 Å². The van der Waals surface area contributed by atoms with Crippen LogP contribution in [0, 0.1) is 11.8 Å². The fraction of sp³-hybridized carbons (Fsp3) is 0.211. The van der Waals surface area contributed by atoms with Gasteiger partial charge in [0.1, 0.15) is 11.5 Å². The van der Waals surface area contributed by atoms with Crippen molar-refractivity contribution in [2.24, 2.45) is 4.36 Å². The fourth-order valence-electron chi connectivity index (χ4n) is 2.10. The van der Waals surface area contributed by atoms with E-state index in [2.05, 4.69) is 26.5 Å². The highest BCUT2D eigenvalue weighted by Crippen LogP contribution is 2.10. The molecule has 28 heavy (non-hydrogen) atoms. The number of carbonyl (C=O) groups excluding carboxylic acids is 2. The maximum Gasteiger partial charge on any atom is 0.286 e. The second-order valence-corrected chi connectivity index (χ2v) is 8.23. The standard InChI is InChI=1S/C19H19N3O5S/c1-28(27,13-18(25)21-7-8-23)22-19(26)16-9-15(11-20-12-16)6-5-14-3-2-4-17(24)10-14/h2-4,9-12,23-24H,7-8,13H2,1H3,(H,21,25)/t28-/m1/s1. The summed E-state index contributed by atoms with van der Waals surface area (Å²) in [6.45, 7) is -0.207. The predicted octanol–water partition coefficient (Wildman–Crippen LogP) is 0.534. The first kappa shape index (κ1) is 21.1. The number of nitrogens with one attached hydrogen (secondary N) is 1. The summed E-state index contributed by atoms with van der Waals surface area (Å²) in [5.74, 6) is 3.97. The quantitative estimate of drug-likeness (QED) is 0.627. The lowest BCUT2D eigenvalue weighted by Gasteiger charge is -2.05. The summed E-state index contributed by atoms with van der Waals surface area (Å²) in [5.41, 5.74) is 1.12. The molecule has 2 aromatic rings. The summed E-state index contributed by atoms with van der Waals surface area (Å²) >= 11 is 0. The number of pyridine rings is 1. The molecule has 1 aromatic heterocycles. The second-order valence-electron chi connectivity index (χ2n) is 5.84. The van der Waals surface area contributed by atoms with E-state index >= 15 is 0 Å². The number of aliphatic hydroxyl groups is 1. The molecule has 0 aliphatic rings. The lowest BCUT2D eigenvalue weighted by molar-refractivity contribution is -0.118. The second kappa shape index (κ2) is 9.64. The molecule has 1 heterocycles. The van der Waals surface area contributed by atoms with Gasteiger partial charge in [0.25, 0.3) is 5.91 Å². The number of amides is 2. The van der Waals surface area contributed by atoms with Crippen LogP contribution in [0.1, 0.15) is 21.5 Å². The number of benzene rings is 1. The van der Waals surface area contributed by atoms with Crippen LogP contribution in [0.25, 0.3) is 0 Å². The number of nitrogens with zero attached hydrogens (tertiary/aromatic N) is 2. The predicted molar refractivity (Wildman–Crippen MR) is 104 cm³/mol. The third-order valence-electron chi connectivity index (χ3n) is 3.29. The van der Waals surface area contributed by atoms with Gasteiger partial charge in [-0.05, 0) is 24.3 Å². The Morgan fingerprint density at radius 2 is 1.96 bits per heavy atom. The van der Waals surface area contributed by atoms with Crippen molar-refractivity contribution in [3.8, 4) is 17.6 Å². The van der Waals surface area contributed by atoms with Gasteiger partial charge in [0.2, 0.25) is 5.91 Å². The number of phenolic OH excluding ortho intramolecular Hbond substituents is 1. The normalized spacial score (nSPS) is 12.2. The van der Waals surface area contributed by atoms with Crippen molar-refractivity contribution in [3.63, 3.8) is 0 Å². The monoisotopic (exact) mass is 401 g/mol. The molecule has 0 saturated carbocycles. The SMILES string of the molecule is C[S@@](=O)(CC(=O)NCCO)=NC(=O)c1cncc(C#Cc2cccc(O)c2)c1. The molecule has 8 nitrogen and oxygen atoms in total. The summed E-state index contributed by atoms with van der Waals surface area (Å²) in [5, 5.41) is 20.5.